The summed E-state index contributed by atoms with van der Waals surface area (Å²) in [7, 11) is 2.58. The molecule has 0 saturated carbocycles. The van der Waals surface area contributed by atoms with E-state index in [0.717, 1.165) is 5.56 Å². The maximum atomic E-state index is 12.8. The van der Waals surface area contributed by atoms with Crippen LogP contribution in [-0.4, -0.2) is 31.9 Å². The Morgan fingerprint density at radius 2 is 1.42 bits per heavy atom. The first-order valence-electron chi connectivity index (χ1n) is 7.84. The Hall–Kier alpha value is -2.17. The highest BCUT2D eigenvalue weighted by Crippen LogP contribution is 2.41. The second-order valence-electron chi connectivity index (χ2n) is 6.92. The zero-order chi connectivity index (χ0) is 18.5. The lowest BCUT2D eigenvalue weighted by Crippen LogP contribution is -2.39. The van der Waals surface area contributed by atoms with Gasteiger partial charge in [0.2, 0.25) is 0 Å². The topological polar surface area (TPSA) is 69.7 Å². The molecule has 1 aromatic carbocycles. The predicted octanol–water partition coefficient (Wildman–Crippen LogP) is 3.13. The molecule has 0 fully saturated rings. The summed E-state index contributed by atoms with van der Waals surface area (Å²) < 4.78 is 9.64. The third kappa shape index (κ3) is 4.02. The van der Waals surface area contributed by atoms with Crippen LogP contribution in [0.25, 0.3) is 0 Å². The quantitative estimate of drug-likeness (QED) is 0.566. The molecule has 0 aliphatic rings. The molecule has 0 aliphatic heterocycles. The fourth-order valence-electron chi connectivity index (χ4n) is 2.69. The standard InChI is InChI=1S/C19H26O5/c1-18(2,16(21)23-5)14(13-10-8-7-9-11-13)12-15(20)19(3,4)17(22)24-6/h7-11,14H,12H2,1-6H3. The molecular weight excluding hydrogens is 308 g/mol. The van der Waals surface area contributed by atoms with Crippen molar-refractivity contribution in [1.29, 1.82) is 0 Å². The van der Waals surface area contributed by atoms with E-state index in [9.17, 15) is 14.4 Å². The molecular formula is C19H26O5. The summed E-state index contributed by atoms with van der Waals surface area (Å²) in [5.41, 5.74) is -1.34. The van der Waals surface area contributed by atoms with E-state index in [0.29, 0.717) is 0 Å². The van der Waals surface area contributed by atoms with Crippen LogP contribution in [0.2, 0.25) is 0 Å². The van der Waals surface area contributed by atoms with Crippen LogP contribution < -0.4 is 0 Å². The summed E-state index contributed by atoms with van der Waals surface area (Å²) in [6.07, 6.45) is 0.0359. The number of rotatable bonds is 7. The molecule has 1 rings (SSSR count). The van der Waals surface area contributed by atoms with Crippen molar-refractivity contribution >= 4 is 17.7 Å². The fourth-order valence-corrected chi connectivity index (χ4v) is 2.69. The zero-order valence-electron chi connectivity index (χ0n) is 15.2. The minimum atomic E-state index is -1.27. The Kier molecular flexibility index (Phi) is 6.29. The molecule has 0 N–H and O–H groups in total. The molecule has 0 aromatic heterocycles. The van der Waals surface area contributed by atoms with Gasteiger partial charge in [-0.1, -0.05) is 30.3 Å². The van der Waals surface area contributed by atoms with Crippen molar-refractivity contribution in [2.45, 2.75) is 40.0 Å². The van der Waals surface area contributed by atoms with Crippen LogP contribution in [0.3, 0.4) is 0 Å². The summed E-state index contributed by atoms with van der Waals surface area (Å²) in [6.45, 7) is 6.56. The second kappa shape index (κ2) is 7.60. The molecule has 5 heteroatoms. The minimum Gasteiger partial charge on any atom is -0.469 e. The average molecular weight is 334 g/mol. The second-order valence-corrected chi connectivity index (χ2v) is 6.92. The van der Waals surface area contributed by atoms with Gasteiger partial charge in [-0.3, -0.25) is 14.4 Å². The first-order valence-corrected chi connectivity index (χ1v) is 7.84. The minimum absolute atomic E-state index is 0.0359. The van der Waals surface area contributed by atoms with Crippen LogP contribution in [0.15, 0.2) is 30.3 Å². The van der Waals surface area contributed by atoms with E-state index in [4.69, 9.17) is 9.47 Å². The van der Waals surface area contributed by atoms with Crippen molar-refractivity contribution in [3.63, 3.8) is 0 Å². The monoisotopic (exact) mass is 334 g/mol. The number of ketones is 1. The average Bonchev–Trinajstić information content (AvgIpc) is 2.57. The molecule has 0 radical (unpaired) electrons. The lowest BCUT2D eigenvalue weighted by molar-refractivity contribution is -0.156. The van der Waals surface area contributed by atoms with Gasteiger partial charge in [0.05, 0.1) is 19.6 Å². The van der Waals surface area contributed by atoms with Crippen LogP contribution >= 0.6 is 0 Å². The molecule has 0 amide bonds. The Balaban J connectivity index is 3.24. The summed E-state index contributed by atoms with van der Waals surface area (Å²) in [5, 5.41) is 0. The van der Waals surface area contributed by atoms with Crippen molar-refractivity contribution in [2.24, 2.45) is 10.8 Å². The van der Waals surface area contributed by atoms with Crippen LogP contribution in [0.1, 0.15) is 45.6 Å². The van der Waals surface area contributed by atoms with Crippen LogP contribution in [0.5, 0.6) is 0 Å². The maximum Gasteiger partial charge on any atom is 0.318 e. The van der Waals surface area contributed by atoms with Crippen LogP contribution in [-0.2, 0) is 23.9 Å². The number of carbonyl (C=O) groups excluding carboxylic acids is 3. The Labute approximate surface area is 143 Å². The van der Waals surface area contributed by atoms with E-state index in [2.05, 4.69) is 0 Å². The Bertz CT molecular complexity index is 601. The number of ether oxygens (including phenoxy) is 2. The molecule has 0 bridgehead atoms. The SMILES string of the molecule is COC(=O)C(C)(C)C(=O)CC(c1ccccc1)C(C)(C)C(=O)OC. The molecule has 5 nitrogen and oxygen atoms in total. The van der Waals surface area contributed by atoms with Crippen molar-refractivity contribution in [3.05, 3.63) is 35.9 Å². The molecule has 24 heavy (non-hydrogen) atoms. The number of hydrogen-bond donors (Lipinski definition) is 0. The van der Waals surface area contributed by atoms with Gasteiger partial charge in [0, 0.05) is 12.3 Å². The molecule has 1 unspecified atom stereocenters. The number of carbonyl (C=O) groups is 3. The molecule has 1 atom stereocenters. The Morgan fingerprint density at radius 3 is 1.88 bits per heavy atom. The van der Waals surface area contributed by atoms with Gasteiger partial charge in [-0.15, -0.1) is 0 Å². The summed E-state index contributed by atoms with van der Waals surface area (Å²) >= 11 is 0. The first-order chi connectivity index (χ1) is 11.1. The van der Waals surface area contributed by atoms with Crippen LogP contribution in [0.4, 0.5) is 0 Å². The third-order valence-electron chi connectivity index (χ3n) is 4.57. The fraction of sp³-hybridized carbons (Fsp3) is 0.526. The van der Waals surface area contributed by atoms with Gasteiger partial charge >= 0.3 is 11.9 Å². The van der Waals surface area contributed by atoms with Crippen molar-refractivity contribution in [1.82, 2.24) is 0 Å². The van der Waals surface area contributed by atoms with E-state index in [-0.39, 0.29) is 12.2 Å². The number of Topliss-reactive ketones (excluding diaryl/α,β-unsaturated/α-hetero) is 1. The smallest absolute Gasteiger partial charge is 0.318 e. The third-order valence-corrected chi connectivity index (χ3v) is 4.57. The molecule has 0 aliphatic carbocycles. The van der Waals surface area contributed by atoms with E-state index < -0.39 is 28.7 Å². The summed E-state index contributed by atoms with van der Waals surface area (Å²) in [4.78, 5) is 36.9. The van der Waals surface area contributed by atoms with E-state index >= 15 is 0 Å². The highest BCUT2D eigenvalue weighted by molar-refractivity contribution is 6.03. The van der Waals surface area contributed by atoms with Gasteiger partial charge in [-0.05, 0) is 33.3 Å². The molecule has 132 valence electrons. The summed E-state index contributed by atoms with van der Waals surface area (Å²) in [6, 6.07) is 9.31. The number of methoxy groups -OCH3 is 2. The number of esters is 2. The largest absolute Gasteiger partial charge is 0.469 e. The lowest BCUT2D eigenvalue weighted by atomic mass is 9.70. The van der Waals surface area contributed by atoms with E-state index in [1.54, 1.807) is 13.8 Å². The van der Waals surface area contributed by atoms with Crippen molar-refractivity contribution in [3.8, 4) is 0 Å². The Morgan fingerprint density at radius 1 is 0.917 bits per heavy atom. The van der Waals surface area contributed by atoms with Gasteiger partial charge < -0.3 is 9.47 Å². The predicted molar refractivity (Wildman–Crippen MR) is 90.4 cm³/mol. The van der Waals surface area contributed by atoms with Crippen LogP contribution in [0, 0.1) is 10.8 Å². The van der Waals surface area contributed by atoms with E-state index in [1.807, 2.05) is 30.3 Å². The van der Waals surface area contributed by atoms with Gasteiger partial charge in [0.15, 0.2) is 0 Å². The number of hydrogen-bond acceptors (Lipinski definition) is 5. The van der Waals surface area contributed by atoms with Crippen molar-refractivity contribution in [2.75, 3.05) is 14.2 Å². The lowest BCUT2D eigenvalue weighted by Gasteiger charge is -2.33. The van der Waals surface area contributed by atoms with E-state index in [1.165, 1.54) is 28.1 Å². The number of benzene rings is 1. The first kappa shape index (κ1) is 19.9. The highest BCUT2D eigenvalue weighted by Gasteiger charge is 2.44. The van der Waals surface area contributed by atoms with Crippen molar-refractivity contribution < 1.29 is 23.9 Å². The molecule has 0 heterocycles. The zero-order valence-corrected chi connectivity index (χ0v) is 15.2. The molecule has 0 spiro atoms. The summed E-state index contributed by atoms with van der Waals surface area (Å²) in [5.74, 6) is -1.68. The van der Waals surface area contributed by atoms with Gasteiger partial charge in [0.1, 0.15) is 11.2 Å². The van der Waals surface area contributed by atoms with Gasteiger partial charge in [0.25, 0.3) is 0 Å². The normalized spacial score (nSPS) is 13.1. The van der Waals surface area contributed by atoms with Gasteiger partial charge in [-0.25, -0.2) is 0 Å². The molecule has 0 saturated heterocycles. The molecule has 1 aromatic rings. The highest BCUT2D eigenvalue weighted by atomic mass is 16.5. The maximum absolute atomic E-state index is 12.8. The van der Waals surface area contributed by atoms with Gasteiger partial charge in [-0.2, -0.15) is 0 Å².